The molecule has 1 aliphatic rings. The molecule has 0 fully saturated rings. The van der Waals surface area contributed by atoms with Crippen LogP contribution in [0.5, 0.6) is 0 Å². The highest BCUT2D eigenvalue weighted by molar-refractivity contribution is 5.93. The molecular weight excluding hydrogens is 254 g/mol. The zero-order valence-electron chi connectivity index (χ0n) is 11.7. The molecule has 0 bridgehead atoms. The Morgan fingerprint density at radius 3 is 2.75 bits per heavy atom. The number of esters is 1. The third-order valence-electron chi connectivity index (χ3n) is 3.73. The highest BCUT2D eigenvalue weighted by atomic mass is 16.5. The Hall–Kier alpha value is -2.10. The molecule has 0 amide bonds. The van der Waals surface area contributed by atoms with Crippen LogP contribution in [0.3, 0.4) is 0 Å². The largest absolute Gasteiger partial charge is 0.463 e. The number of ether oxygens (including phenoxy) is 1. The molecule has 1 aromatic carbocycles. The number of hydrogen-bond acceptors (Lipinski definition) is 4. The molecule has 20 heavy (non-hydrogen) atoms. The zero-order valence-corrected chi connectivity index (χ0v) is 11.7. The van der Waals surface area contributed by atoms with E-state index in [0.717, 1.165) is 18.4 Å². The topological polar surface area (TPSA) is 52.3 Å². The molecule has 104 valence electrons. The Morgan fingerprint density at radius 2 is 2.00 bits per heavy atom. The quantitative estimate of drug-likeness (QED) is 0.786. The minimum Gasteiger partial charge on any atom is -0.463 e. The molecule has 4 nitrogen and oxygen atoms in total. The van der Waals surface area contributed by atoms with Crippen LogP contribution in [-0.4, -0.2) is 18.1 Å². The Labute approximate surface area is 117 Å². The fourth-order valence-electron chi connectivity index (χ4n) is 2.73. The average Bonchev–Trinajstić information content (AvgIpc) is 2.88. The number of carbonyl (C=O) groups excluding carboxylic acids is 1. The van der Waals surface area contributed by atoms with Crippen molar-refractivity contribution in [2.75, 3.05) is 7.11 Å². The van der Waals surface area contributed by atoms with Crippen molar-refractivity contribution >= 4 is 5.97 Å². The summed E-state index contributed by atoms with van der Waals surface area (Å²) < 4.78 is 10.1. The number of aromatic nitrogens is 1. The minimum atomic E-state index is -0.488. The van der Waals surface area contributed by atoms with Gasteiger partial charge >= 0.3 is 5.97 Å². The molecule has 0 N–H and O–H groups in total. The third-order valence-corrected chi connectivity index (χ3v) is 3.73. The first-order chi connectivity index (χ1) is 9.69. The molecule has 1 aliphatic carbocycles. The maximum absolute atomic E-state index is 11.8. The number of aryl methyl sites for hydroxylation is 3. The van der Waals surface area contributed by atoms with E-state index in [4.69, 9.17) is 9.15 Å². The number of fused-ring (bicyclic) bond motifs is 1. The van der Waals surface area contributed by atoms with Gasteiger partial charge in [0.15, 0.2) is 5.89 Å². The van der Waals surface area contributed by atoms with Gasteiger partial charge in [0.1, 0.15) is 5.69 Å². The summed E-state index contributed by atoms with van der Waals surface area (Å²) in [7, 11) is 1.34. The van der Waals surface area contributed by atoms with Crippen LogP contribution >= 0.6 is 0 Å². The van der Waals surface area contributed by atoms with Crippen LogP contribution < -0.4 is 0 Å². The molecule has 4 heteroatoms. The van der Waals surface area contributed by atoms with Crippen molar-refractivity contribution in [3.63, 3.8) is 0 Å². The molecule has 1 heterocycles. The molecule has 3 rings (SSSR count). The van der Waals surface area contributed by atoms with Crippen LogP contribution in [0.15, 0.2) is 22.6 Å². The predicted octanol–water partition coefficient (Wildman–Crippen LogP) is 3.32. The van der Waals surface area contributed by atoms with E-state index in [0.29, 0.717) is 11.6 Å². The molecule has 0 radical (unpaired) electrons. The summed E-state index contributed by atoms with van der Waals surface area (Å²) >= 11 is 0. The number of rotatable bonds is 2. The van der Waals surface area contributed by atoms with E-state index in [1.807, 2.05) is 6.07 Å². The van der Waals surface area contributed by atoms with Gasteiger partial charge in [0.2, 0.25) is 5.76 Å². The molecule has 0 spiro atoms. The SMILES string of the molecule is COC(=O)c1oc(C)nc1-c1ccc2c(c1)CCCC2. The summed E-state index contributed by atoms with van der Waals surface area (Å²) in [6.07, 6.45) is 4.70. The second-order valence-corrected chi connectivity index (χ2v) is 5.09. The minimum absolute atomic E-state index is 0.181. The van der Waals surface area contributed by atoms with Gasteiger partial charge in [0.05, 0.1) is 7.11 Å². The fourth-order valence-corrected chi connectivity index (χ4v) is 2.73. The van der Waals surface area contributed by atoms with Crippen LogP contribution in [0.2, 0.25) is 0 Å². The summed E-state index contributed by atoms with van der Waals surface area (Å²) in [5.74, 6) is 0.164. The Morgan fingerprint density at radius 1 is 1.25 bits per heavy atom. The maximum Gasteiger partial charge on any atom is 0.376 e. The van der Waals surface area contributed by atoms with Crippen molar-refractivity contribution in [3.8, 4) is 11.3 Å². The standard InChI is InChI=1S/C16H17NO3/c1-10-17-14(15(20-10)16(18)19-2)13-8-7-11-5-3-4-6-12(11)9-13/h7-9H,3-6H2,1-2H3. The van der Waals surface area contributed by atoms with Gasteiger partial charge in [-0.05, 0) is 42.9 Å². The van der Waals surface area contributed by atoms with Gasteiger partial charge in [-0.25, -0.2) is 9.78 Å². The van der Waals surface area contributed by atoms with E-state index < -0.39 is 5.97 Å². The summed E-state index contributed by atoms with van der Waals surface area (Å²) in [6, 6.07) is 6.26. The first-order valence-electron chi connectivity index (χ1n) is 6.87. The van der Waals surface area contributed by atoms with Crippen molar-refractivity contribution in [1.82, 2.24) is 4.98 Å². The van der Waals surface area contributed by atoms with Gasteiger partial charge in [-0.1, -0.05) is 12.1 Å². The summed E-state index contributed by atoms with van der Waals surface area (Å²) in [5, 5.41) is 0. The fraction of sp³-hybridized carbons (Fsp3) is 0.375. The van der Waals surface area contributed by atoms with Crippen LogP contribution in [-0.2, 0) is 17.6 Å². The van der Waals surface area contributed by atoms with Crippen molar-refractivity contribution in [2.24, 2.45) is 0 Å². The number of carbonyl (C=O) groups is 1. The number of benzene rings is 1. The molecule has 1 aromatic heterocycles. The highest BCUT2D eigenvalue weighted by Gasteiger charge is 2.22. The third kappa shape index (κ3) is 2.22. The Bertz CT molecular complexity index is 658. The van der Waals surface area contributed by atoms with Crippen LogP contribution in [0.4, 0.5) is 0 Å². The van der Waals surface area contributed by atoms with Crippen LogP contribution in [0.25, 0.3) is 11.3 Å². The van der Waals surface area contributed by atoms with Gasteiger partial charge in [-0.15, -0.1) is 0 Å². The molecule has 0 saturated carbocycles. The summed E-state index contributed by atoms with van der Waals surface area (Å²) in [4.78, 5) is 16.1. The number of hydrogen-bond donors (Lipinski definition) is 0. The monoisotopic (exact) mass is 271 g/mol. The zero-order chi connectivity index (χ0) is 14.1. The van der Waals surface area contributed by atoms with E-state index in [-0.39, 0.29) is 5.76 Å². The van der Waals surface area contributed by atoms with E-state index >= 15 is 0 Å². The lowest BCUT2D eigenvalue weighted by Crippen LogP contribution is -2.04. The van der Waals surface area contributed by atoms with E-state index in [1.165, 1.54) is 31.1 Å². The normalized spacial score (nSPS) is 13.9. The lowest BCUT2D eigenvalue weighted by Gasteiger charge is -2.16. The average molecular weight is 271 g/mol. The second kappa shape index (κ2) is 5.12. The number of oxazole rings is 1. The predicted molar refractivity (Wildman–Crippen MR) is 74.7 cm³/mol. The number of nitrogens with zero attached hydrogens (tertiary/aromatic N) is 1. The summed E-state index contributed by atoms with van der Waals surface area (Å²) in [5.41, 5.74) is 4.25. The molecule has 0 aliphatic heterocycles. The first-order valence-corrected chi connectivity index (χ1v) is 6.87. The molecule has 0 saturated heterocycles. The molecular formula is C16H17NO3. The Kier molecular flexibility index (Phi) is 3.30. The molecule has 0 atom stereocenters. The maximum atomic E-state index is 11.8. The van der Waals surface area contributed by atoms with Crippen molar-refractivity contribution < 1.29 is 13.9 Å². The van der Waals surface area contributed by atoms with Crippen LogP contribution in [0.1, 0.15) is 40.4 Å². The van der Waals surface area contributed by atoms with Gasteiger partial charge in [-0.3, -0.25) is 0 Å². The second-order valence-electron chi connectivity index (χ2n) is 5.09. The lowest BCUT2D eigenvalue weighted by atomic mass is 9.90. The summed E-state index contributed by atoms with van der Waals surface area (Å²) in [6.45, 7) is 1.73. The van der Waals surface area contributed by atoms with Gasteiger partial charge < -0.3 is 9.15 Å². The molecule has 0 unspecified atom stereocenters. The number of methoxy groups -OCH3 is 1. The Balaban J connectivity index is 2.07. The van der Waals surface area contributed by atoms with Gasteiger partial charge in [0.25, 0.3) is 0 Å². The van der Waals surface area contributed by atoms with Crippen molar-refractivity contribution in [2.45, 2.75) is 32.6 Å². The first kappa shape index (κ1) is 12.9. The van der Waals surface area contributed by atoms with E-state index in [9.17, 15) is 4.79 Å². The van der Waals surface area contributed by atoms with Gasteiger partial charge in [0, 0.05) is 12.5 Å². The van der Waals surface area contributed by atoms with E-state index in [2.05, 4.69) is 17.1 Å². The molecule has 2 aromatic rings. The van der Waals surface area contributed by atoms with Crippen molar-refractivity contribution in [3.05, 3.63) is 41.0 Å². The van der Waals surface area contributed by atoms with E-state index in [1.54, 1.807) is 6.92 Å². The highest BCUT2D eigenvalue weighted by Crippen LogP contribution is 2.29. The lowest BCUT2D eigenvalue weighted by molar-refractivity contribution is 0.0565. The smallest absolute Gasteiger partial charge is 0.376 e. The van der Waals surface area contributed by atoms with Gasteiger partial charge in [-0.2, -0.15) is 0 Å². The van der Waals surface area contributed by atoms with Crippen molar-refractivity contribution in [1.29, 1.82) is 0 Å². The van der Waals surface area contributed by atoms with Crippen LogP contribution in [0, 0.1) is 6.92 Å².